The smallest absolute Gasteiger partial charge is 0.243 e. The number of nitrogens with zero attached hydrogens (tertiary/aromatic N) is 2. The Hall–Kier alpha value is -3.14. The Morgan fingerprint density at radius 2 is 1.76 bits per heavy atom. The van der Waals surface area contributed by atoms with Crippen molar-refractivity contribution in [2.45, 2.75) is 70.5 Å². The molecule has 0 radical (unpaired) electrons. The molecule has 1 N–H and O–H groups in total. The molecule has 38 heavy (non-hydrogen) atoms. The lowest BCUT2D eigenvalue weighted by Gasteiger charge is -2.32. The van der Waals surface area contributed by atoms with Crippen LogP contribution >= 0.6 is 0 Å². The molecular weight excluding hydrogens is 509 g/mol. The summed E-state index contributed by atoms with van der Waals surface area (Å²) in [5, 5.41) is 3.09. The van der Waals surface area contributed by atoms with Gasteiger partial charge in [0.05, 0.1) is 19.1 Å². The van der Waals surface area contributed by atoms with Crippen molar-refractivity contribution in [3.63, 3.8) is 0 Å². The molecule has 8 nitrogen and oxygen atoms in total. The largest absolute Gasteiger partial charge is 0.495 e. The maximum absolute atomic E-state index is 13.5. The van der Waals surface area contributed by atoms with Crippen LogP contribution in [0.4, 0.5) is 10.1 Å². The number of rotatable bonds is 13. The normalized spacial score (nSPS) is 14.6. The summed E-state index contributed by atoms with van der Waals surface area (Å²) in [5.74, 6) is -0.426. The van der Waals surface area contributed by atoms with E-state index >= 15 is 0 Å². The van der Waals surface area contributed by atoms with Crippen LogP contribution < -0.4 is 14.4 Å². The van der Waals surface area contributed by atoms with Crippen molar-refractivity contribution in [1.29, 1.82) is 0 Å². The van der Waals surface area contributed by atoms with Crippen LogP contribution in [0.25, 0.3) is 0 Å². The zero-order chi connectivity index (χ0) is 27.7. The molecule has 1 atom stereocenters. The summed E-state index contributed by atoms with van der Waals surface area (Å²) >= 11 is 0. The maximum atomic E-state index is 13.5. The quantitative estimate of drug-likeness (QED) is 0.405. The molecule has 1 aliphatic rings. The lowest BCUT2D eigenvalue weighted by atomic mass is 10.1. The molecule has 0 bridgehead atoms. The van der Waals surface area contributed by atoms with Gasteiger partial charge in [-0.05, 0) is 55.5 Å². The Balaban J connectivity index is 1.77. The fourth-order valence-electron chi connectivity index (χ4n) is 4.89. The van der Waals surface area contributed by atoms with E-state index in [1.165, 1.54) is 28.4 Å². The topological polar surface area (TPSA) is 96.0 Å². The first-order valence-electron chi connectivity index (χ1n) is 13.1. The third kappa shape index (κ3) is 7.93. The number of hydrogen-bond donors (Lipinski definition) is 1. The number of anilines is 1. The summed E-state index contributed by atoms with van der Waals surface area (Å²) in [4.78, 5) is 28.3. The van der Waals surface area contributed by atoms with Crippen LogP contribution in [0.2, 0.25) is 0 Å². The molecule has 2 aromatic carbocycles. The van der Waals surface area contributed by atoms with Gasteiger partial charge in [-0.15, -0.1) is 0 Å². The standard InChI is InChI=1S/C28H38FN3O5S/c1-4-24(28(34)30-23-10-5-6-11-23)31(20-21-15-17-22(29)18-16-21)27(33)14-9-19-32(38(3,35)36)25-12-7-8-13-26(25)37-2/h7-8,12-13,15-18,23-24H,4-6,9-11,14,19-20H2,1-3H3,(H,30,34). The fourth-order valence-corrected chi connectivity index (χ4v) is 5.86. The molecule has 2 amide bonds. The van der Waals surface area contributed by atoms with E-state index in [0.717, 1.165) is 31.9 Å². The second-order valence-corrected chi connectivity index (χ2v) is 11.6. The van der Waals surface area contributed by atoms with Crippen LogP contribution in [0.5, 0.6) is 5.75 Å². The minimum atomic E-state index is -3.64. The number of carbonyl (C=O) groups is 2. The fraction of sp³-hybridized carbons (Fsp3) is 0.500. The van der Waals surface area contributed by atoms with Crippen LogP contribution in [0.1, 0.15) is 57.4 Å². The van der Waals surface area contributed by atoms with Gasteiger partial charge in [-0.1, -0.05) is 44.0 Å². The number of halogens is 1. The van der Waals surface area contributed by atoms with Crippen LogP contribution in [-0.2, 0) is 26.2 Å². The number of ether oxygens (including phenoxy) is 1. The molecule has 208 valence electrons. The molecule has 0 aromatic heterocycles. The Morgan fingerprint density at radius 3 is 2.37 bits per heavy atom. The SMILES string of the molecule is CCC(C(=O)NC1CCCC1)N(Cc1ccc(F)cc1)C(=O)CCCN(c1ccccc1OC)S(C)(=O)=O. The molecule has 10 heteroatoms. The van der Waals surface area contributed by atoms with E-state index in [1.54, 1.807) is 36.4 Å². The minimum absolute atomic E-state index is 0.0373. The van der Waals surface area contributed by atoms with Crippen molar-refractivity contribution in [3.8, 4) is 5.75 Å². The molecule has 1 aliphatic carbocycles. The van der Waals surface area contributed by atoms with Gasteiger partial charge in [0, 0.05) is 25.6 Å². The summed E-state index contributed by atoms with van der Waals surface area (Å²) in [6.07, 6.45) is 5.81. The Morgan fingerprint density at radius 1 is 1.11 bits per heavy atom. The van der Waals surface area contributed by atoms with E-state index in [4.69, 9.17) is 4.74 Å². The number of benzene rings is 2. The Kier molecular flexibility index (Phi) is 10.5. The van der Waals surface area contributed by atoms with Crippen molar-refractivity contribution in [2.24, 2.45) is 0 Å². The number of hydrogen-bond acceptors (Lipinski definition) is 5. The molecule has 0 heterocycles. The van der Waals surface area contributed by atoms with Gasteiger partial charge < -0.3 is 15.0 Å². The molecular formula is C28H38FN3O5S. The van der Waals surface area contributed by atoms with Crippen LogP contribution in [-0.4, -0.2) is 57.1 Å². The third-order valence-electron chi connectivity index (χ3n) is 6.86. The van der Waals surface area contributed by atoms with Gasteiger partial charge in [0.1, 0.15) is 17.6 Å². The zero-order valence-electron chi connectivity index (χ0n) is 22.4. The second-order valence-electron chi connectivity index (χ2n) is 9.67. The first-order chi connectivity index (χ1) is 18.1. The van der Waals surface area contributed by atoms with Crippen molar-refractivity contribution >= 4 is 27.5 Å². The van der Waals surface area contributed by atoms with E-state index in [1.807, 2.05) is 6.92 Å². The Labute approximate surface area is 225 Å². The summed E-state index contributed by atoms with van der Waals surface area (Å²) < 4.78 is 45.2. The van der Waals surface area contributed by atoms with Crippen molar-refractivity contribution in [2.75, 3.05) is 24.2 Å². The molecule has 0 aliphatic heterocycles. The molecule has 2 aromatic rings. The van der Waals surface area contributed by atoms with Gasteiger partial charge in [0.2, 0.25) is 21.8 Å². The van der Waals surface area contributed by atoms with E-state index in [9.17, 15) is 22.4 Å². The first-order valence-corrected chi connectivity index (χ1v) is 14.9. The molecule has 1 fully saturated rings. The van der Waals surface area contributed by atoms with Crippen LogP contribution in [0, 0.1) is 5.82 Å². The lowest BCUT2D eigenvalue weighted by Crippen LogP contribution is -2.51. The monoisotopic (exact) mass is 547 g/mol. The zero-order valence-corrected chi connectivity index (χ0v) is 23.2. The molecule has 0 spiro atoms. The number of methoxy groups -OCH3 is 1. The highest BCUT2D eigenvalue weighted by molar-refractivity contribution is 7.92. The highest BCUT2D eigenvalue weighted by Gasteiger charge is 2.31. The van der Waals surface area contributed by atoms with Crippen LogP contribution in [0.15, 0.2) is 48.5 Å². The van der Waals surface area contributed by atoms with Gasteiger partial charge in [-0.2, -0.15) is 0 Å². The summed E-state index contributed by atoms with van der Waals surface area (Å²) in [6, 6.07) is 12.1. The van der Waals surface area contributed by atoms with Gasteiger partial charge in [0.15, 0.2) is 0 Å². The summed E-state index contributed by atoms with van der Waals surface area (Å²) in [7, 11) is -2.17. The van der Waals surface area contributed by atoms with Gasteiger partial charge in [-0.3, -0.25) is 13.9 Å². The third-order valence-corrected chi connectivity index (χ3v) is 8.04. The van der Waals surface area contributed by atoms with E-state index in [-0.39, 0.29) is 49.6 Å². The average Bonchev–Trinajstić information content (AvgIpc) is 3.40. The second kappa shape index (κ2) is 13.6. The number of carbonyl (C=O) groups excluding carboxylic acids is 2. The number of sulfonamides is 1. The van der Waals surface area contributed by atoms with Gasteiger partial charge in [-0.25, -0.2) is 12.8 Å². The Bertz CT molecular complexity index is 1180. The molecule has 0 saturated heterocycles. The summed E-state index contributed by atoms with van der Waals surface area (Å²) in [5.41, 5.74) is 1.11. The van der Waals surface area contributed by atoms with E-state index in [2.05, 4.69) is 5.32 Å². The van der Waals surface area contributed by atoms with E-state index in [0.29, 0.717) is 23.4 Å². The van der Waals surface area contributed by atoms with E-state index < -0.39 is 16.1 Å². The van der Waals surface area contributed by atoms with Crippen molar-refractivity contribution in [3.05, 3.63) is 59.9 Å². The van der Waals surface area contributed by atoms with Crippen LogP contribution in [0.3, 0.4) is 0 Å². The highest BCUT2D eigenvalue weighted by Crippen LogP contribution is 2.30. The number of nitrogens with one attached hydrogen (secondary N) is 1. The van der Waals surface area contributed by atoms with Gasteiger partial charge in [0.25, 0.3) is 0 Å². The predicted octanol–water partition coefficient (Wildman–Crippen LogP) is 4.25. The van der Waals surface area contributed by atoms with Gasteiger partial charge >= 0.3 is 0 Å². The molecule has 3 rings (SSSR count). The molecule has 1 saturated carbocycles. The minimum Gasteiger partial charge on any atom is -0.495 e. The average molecular weight is 548 g/mol. The highest BCUT2D eigenvalue weighted by atomic mass is 32.2. The lowest BCUT2D eigenvalue weighted by molar-refractivity contribution is -0.141. The van der Waals surface area contributed by atoms with Crippen molar-refractivity contribution in [1.82, 2.24) is 10.2 Å². The maximum Gasteiger partial charge on any atom is 0.243 e. The first kappa shape index (κ1) is 29.4. The predicted molar refractivity (Wildman–Crippen MR) is 146 cm³/mol. The summed E-state index contributed by atoms with van der Waals surface area (Å²) in [6.45, 7) is 2.08. The van der Waals surface area contributed by atoms with Crippen molar-refractivity contribution < 1.29 is 27.1 Å². The molecule has 1 unspecified atom stereocenters. The number of para-hydroxylation sites is 2. The number of amides is 2.